The Morgan fingerprint density at radius 2 is 1.76 bits per heavy atom. The van der Waals surface area contributed by atoms with E-state index in [1.54, 1.807) is 18.2 Å². The van der Waals surface area contributed by atoms with Gasteiger partial charge in [-0.3, -0.25) is 0 Å². The molecule has 2 aromatic rings. The third-order valence-corrected chi connectivity index (χ3v) is 3.22. The highest BCUT2D eigenvalue weighted by Gasteiger charge is 2.30. The van der Waals surface area contributed by atoms with E-state index in [1.807, 2.05) is 6.92 Å². The molecule has 0 heterocycles. The van der Waals surface area contributed by atoms with Gasteiger partial charge in [-0.05, 0) is 36.2 Å². The first-order valence-electron chi connectivity index (χ1n) is 6.51. The van der Waals surface area contributed by atoms with Crippen LogP contribution in [0.4, 0.5) is 17.6 Å². The summed E-state index contributed by atoms with van der Waals surface area (Å²) in [5, 5.41) is 3.09. The molecule has 2 rings (SSSR count). The van der Waals surface area contributed by atoms with Crippen molar-refractivity contribution in [3.05, 3.63) is 71.0 Å². The molecule has 1 nitrogen and oxygen atoms in total. The third kappa shape index (κ3) is 4.29. The summed E-state index contributed by atoms with van der Waals surface area (Å²) in [7, 11) is 0. The van der Waals surface area contributed by atoms with E-state index in [9.17, 15) is 17.6 Å². The highest BCUT2D eigenvalue weighted by Crippen LogP contribution is 2.29. The summed E-state index contributed by atoms with van der Waals surface area (Å²) in [6.45, 7) is 2.12. The monoisotopic (exact) mass is 297 g/mol. The van der Waals surface area contributed by atoms with Gasteiger partial charge in [0, 0.05) is 12.6 Å². The minimum absolute atomic E-state index is 0.157. The Morgan fingerprint density at radius 3 is 2.43 bits per heavy atom. The smallest absolute Gasteiger partial charge is 0.306 e. The van der Waals surface area contributed by atoms with Crippen LogP contribution in [0.5, 0.6) is 0 Å². The lowest BCUT2D eigenvalue weighted by Crippen LogP contribution is -2.18. The van der Waals surface area contributed by atoms with Crippen LogP contribution in [0.2, 0.25) is 0 Å². The van der Waals surface area contributed by atoms with E-state index >= 15 is 0 Å². The molecule has 0 unspecified atom stereocenters. The number of rotatable bonds is 4. The predicted octanol–water partition coefficient (Wildman–Crippen LogP) is 4.70. The van der Waals surface area contributed by atoms with Gasteiger partial charge in [-0.1, -0.05) is 30.3 Å². The fraction of sp³-hybridized carbons (Fsp3) is 0.250. The molecule has 5 heteroatoms. The fourth-order valence-corrected chi connectivity index (χ4v) is 2.02. The van der Waals surface area contributed by atoms with Crippen LogP contribution >= 0.6 is 0 Å². The van der Waals surface area contributed by atoms with Gasteiger partial charge in [-0.2, -0.15) is 13.2 Å². The van der Waals surface area contributed by atoms with Crippen LogP contribution in [0, 0.1) is 5.82 Å². The molecule has 0 aromatic heterocycles. The molecule has 1 N–H and O–H groups in total. The Morgan fingerprint density at radius 1 is 1.05 bits per heavy atom. The number of hydrogen-bond donors (Lipinski definition) is 1. The number of hydrogen-bond acceptors (Lipinski definition) is 1. The van der Waals surface area contributed by atoms with E-state index < -0.39 is 11.7 Å². The second-order valence-electron chi connectivity index (χ2n) is 4.86. The first-order valence-corrected chi connectivity index (χ1v) is 6.51. The first-order chi connectivity index (χ1) is 9.86. The summed E-state index contributed by atoms with van der Waals surface area (Å²) in [5.41, 5.74) is 0.621. The van der Waals surface area contributed by atoms with Gasteiger partial charge in [0.05, 0.1) is 5.56 Å². The molecule has 0 aliphatic heterocycles. The van der Waals surface area contributed by atoms with Crippen LogP contribution in [-0.4, -0.2) is 0 Å². The predicted molar refractivity (Wildman–Crippen MR) is 73.1 cm³/mol. The molecule has 1 atom stereocenters. The Hall–Kier alpha value is -1.88. The van der Waals surface area contributed by atoms with Crippen molar-refractivity contribution in [1.29, 1.82) is 0 Å². The molecule has 0 saturated carbocycles. The van der Waals surface area contributed by atoms with Crippen LogP contribution in [0.25, 0.3) is 0 Å². The summed E-state index contributed by atoms with van der Waals surface area (Å²) in [6, 6.07) is 11.1. The van der Waals surface area contributed by atoms with E-state index in [1.165, 1.54) is 18.2 Å². The lowest BCUT2D eigenvalue weighted by atomic mass is 10.1. The lowest BCUT2D eigenvalue weighted by molar-refractivity contribution is -0.137. The molecule has 21 heavy (non-hydrogen) atoms. The van der Waals surface area contributed by atoms with Gasteiger partial charge in [-0.25, -0.2) is 4.39 Å². The summed E-state index contributed by atoms with van der Waals surface area (Å²) < 4.78 is 51.0. The molecule has 0 bridgehead atoms. The van der Waals surface area contributed by atoms with Crippen LogP contribution in [0.15, 0.2) is 48.5 Å². The second kappa shape index (κ2) is 6.26. The third-order valence-electron chi connectivity index (χ3n) is 3.22. The number of halogens is 4. The van der Waals surface area contributed by atoms with Crippen molar-refractivity contribution in [1.82, 2.24) is 5.32 Å². The molecule has 0 spiro atoms. The Kier molecular flexibility index (Phi) is 4.63. The van der Waals surface area contributed by atoms with Crippen molar-refractivity contribution in [3.8, 4) is 0 Å². The minimum Gasteiger partial charge on any atom is -0.306 e. The van der Waals surface area contributed by atoms with Gasteiger partial charge in [0.2, 0.25) is 0 Å². The van der Waals surface area contributed by atoms with Gasteiger partial charge in [-0.15, -0.1) is 0 Å². The maximum Gasteiger partial charge on any atom is 0.416 e. The molecule has 0 radical (unpaired) electrons. The fourth-order valence-electron chi connectivity index (χ4n) is 2.02. The summed E-state index contributed by atoms with van der Waals surface area (Å²) in [6.07, 6.45) is -4.34. The topological polar surface area (TPSA) is 12.0 Å². The average Bonchev–Trinajstić information content (AvgIpc) is 2.44. The van der Waals surface area contributed by atoms with Gasteiger partial charge in [0.1, 0.15) is 5.82 Å². The van der Waals surface area contributed by atoms with Crippen molar-refractivity contribution in [2.24, 2.45) is 0 Å². The Labute approximate surface area is 120 Å². The molecule has 2 aromatic carbocycles. The normalized spacial score (nSPS) is 13.2. The maximum absolute atomic E-state index is 13.1. The number of benzene rings is 2. The maximum atomic E-state index is 13.1. The standard InChI is InChI=1S/C16H15F4N/c1-11(13-5-3-7-15(17)9-13)21-10-12-4-2-6-14(8-12)16(18,19)20/h2-9,11,21H,10H2,1H3/t11-/m1/s1. The summed E-state index contributed by atoms with van der Waals surface area (Å²) in [4.78, 5) is 0. The van der Waals surface area contributed by atoms with Crippen LogP contribution in [0.1, 0.15) is 29.7 Å². The van der Waals surface area contributed by atoms with Crippen molar-refractivity contribution in [3.63, 3.8) is 0 Å². The zero-order valence-corrected chi connectivity index (χ0v) is 11.4. The summed E-state index contributed by atoms with van der Waals surface area (Å²) in [5.74, 6) is -0.333. The molecule has 0 aliphatic carbocycles. The quantitative estimate of drug-likeness (QED) is 0.807. The molecule has 0 saturated heterocycles. The van der Waals surface area contributed by atoms with E-state index in [0.717, 1.165) is 17.7 Å². The van der Waals surface area contributed by atoms with Gasteiger partial charge >= 0.3 is 6.18 Å². The number of alkyl halides is 3. The Bertz CT molecular complexity index is 607. The van der Waals surface area contributed by atoms with Crippen molar-refractivity contribution in [2.75, 3.05) is 0 Å². The largest absolute Gasteiger partial charge is 0.416 e. The molecular weight excluding hydrogens is 282 g/mol. The number of nitrogens with one attached hydrogen (secondary N) is 1. The lowest BCUT2D eigenvalue weighted by Gasteiger charge is -2.15. The van der Waals surface area contributed by atoms with Crippen LogP contribution in [0.3, 0.4) is 0 Å². The van der Waals surface area contributed by atoms with E-state index in [-0.39, 0.29) is 18.4 Å². The van der Waals surface area contributed by atoms with Crippen molar-refractivity contribution < 1.29 is 17.6 Å². The zero-order valence-electron chi connectivity index (χ0n) is 11.4. The first kappa shape index (κ1) is 15.5. The van der Waals surface area contributed by atoms with Crippen molar-refractivity contribution >= 4 is 0 Å². The summed E-state index contributed by atoms with van der Waals surface area (Å²) >= 11 is 0. The van der Waals surface area contributed by atoms with Gasteiger partial charge < -0.3 is 5.32 Å². The van der Waals surface area contributed by atoms with Gasteiger partial charge in [0.15, 0.2) is 0 Å². The highest BCUT2D eigenvalue weighted by molar-refractivity contribution is 5.26. The van der Waals surface area contributed by atoms with Crippen LogP contribution in [-0.2, 0) is 12.7 Å². The SMILES string of the molecule is C[C@@H](NCc1cccc(C(F)(F)F)c1)c1cccc(F)c1. The van der Waals surface area contributed by atoms with E-state index in [2.05, 4.69) is 5.32 Å². The van der Waals surface area contributed by atoms with Crippen molar-refractivity contribution in [2.45, 2.75) is 25.7 Å². The molecular formula is C16H15F4N. The minimum atomic E-state index is -4.34. The Balaban J connectivity index is 2.03. The highest BCUT2D eigenvalue weighted by atomic mass is 19.4. The van der Waals surface area contributed by atoms with Crippen LogP contribution < -0.4 is 5.32 Å². The molecule has 0 amide bonds. The zero-order chi connectivity index (χ0) is 15.5. The van der Waals surface area contributed by atoms with E-state index in [4.69, 9.17) is 0 Å². The molecule has 0 fully saturated rings. The molecule has 112 valence electrons. The second-order valence-corrected chi connectivity index (χ2v) is 4.86. The van der Waals surface area contributed by atoms with E-state index in [0.29, 0.717) is 5.56 Å². The average molecular weight is 297 g/mol. The van der Waals surface area contributed by atoms with Gasteiger partial charge in [0.25, 0.3) is 0 Å². The molecule has 0 aliphatic rings.